The summed E-state index contributed by atoms with van der Waals surface area (Å²) in [5.74, 6) is 3.85. The van der Waals surface area contributed by atoms with E-state index < -0.39 is 26.5 Å². The number of ether oxygens (including phenoxy) is 1. The smallest absolute Gasteiger partial charge is 0.336 e. The number of benzene rings is 2. The molecule has 9 nitrogen and oxygen atoms in total. The van der Waals surface area contributed by atoms with E-state index in [0.29, 0.717) is 17.9 Å². The molecule has 0 bridgehead atoms. The summed E-state index contributed by atoms with van der Waals surface area (Å²) in [6.07, 6.45) is -0.136. The molecule has 1 aliphatic heterocycles. The summed E-state index contributed by atoms with van der Waals surface area (Å²) in [4.78, 5) is 26.0. The topological polar surface area (TPSA) is 133 Å². The number of carboxylic acids is 1. The molecule has 0 saturated carbocycles. The minimum atomic E-state index is -4.17. The van der Waals surface area contributed by atoms with Gasteiger partial charge in [0.1, 0.15) is 12.4 Å². The summed E-state index contributed by atoms with van der Waals surface area (Å²) in [7, 11) is -4.17. The predicted octanol–water partition coefficient (Wildman–Crippen LogP) is 2.10. The predicted molar refractivity (Wildman–Crippen MR) is 123 cm³/mol. The van der Waals surface area contributed by atoms with Crippen molar-refractivity contribution in [3.05, 3.63) is 59.7 Å². The fourth-order valence-electron chi connectivity index (χ4n) is 4.03. The van der Waals surface area contributed by atoms with Crippen LogP contribution in [0.1, 0.15) is 35.7 Å². The highest BCUT2D eigenvalue weighted by atomic mass is 32.2. The van der Waals surface area contributed by atoms with Gasteiger partial charge in [-0.3, -0.25) is 14.9 Å². The molecule has 3 N–H and O–H groups in total. The quantitative estimate of drug-likeness (QED) is 0.294. The third-order valence-electron chi connectivity index (χ3n) is 5.96. The maximum Gasteiger partial charge on any atom is 0.336 e. The molecule has 10 heteroatoms. The second-order valence-electron chi connectivity index (χ2n) is 7.86. The fraction of sp³-hybridized carbons (Fsp3) is 0.333. The van der Waals surface area contributed by atoms with Gasteiger partial charge in [-0.05, 0) is 55.7 Å². The van der Waals surface area contributed by atoms with Crippen molar-refractivity contribution < 1.29 is 33.1 Å². The van der Waals surface area contributed by atoms with Crippen LogP contribution in [0, 0.1) is 11.8 Å². The molecule has 0 atom stereocenters. The molecule has 3 rings (SSSR count). The van der Waals surface area contributed by atoms with Crippen LogP contribution in [0.5, 0.6) is 5.75 Å². The van der Waals surface area contributed by atoms with E-state index in [2.05, 4.69) is 11.8 Å². The van der Waals surface area contributed by atoms with Gasteiger partial charge in [-0.25, -0.2) is 18.7 Å². The molecule has 0 unspecified atom stereocenters. The SMILES string of the molecule is CC#CCOc1ccc(S(=O)(=O)C2(C(=O)NO)CCN(Cc3ccccc3C(=O)O)CC2)cc1. The van der Waals surface area contributed by atoms with Crippen LogP contribution in [0.2, 0.25) is 0 Å². The Morgan fingerprint density at radius 1 is 1.12 bits per heavy atom. The number of nitrogens with one attached hydrogen (secondary N) is 1. The molecule has 1 fully saturated rings. The van der Waals surface area contributed by atoms with E-state index in [4.69, 9.17) is 4.74 Å². The molecule has 0 spiro atoms. The number of carbonyl (C=O) groups excluding carboxylic acids is 1. The van der Waals surface area contributed by atoms with Crippen molar-refractivity contribution in [2.45, 2.75) is 36.0 Å². The van der Waals surface area contributed by atoms with E-state index in [9.17, 15) is 28.3 Å². The van der Waals surface area contributed by atoms with E-state index in [1.165, 1.54) is 35.8 Å². The largest absolute Gasteiger partial charge is 0.481 e. The van der Waals surface area contributed by atoms with Crippen LogP contribution in [-0.2, 0) is 21.2 Å². The highest BCUT2D eigenvalue weighted by molar-refractivity contribution is 7.93. The van der Waals surface area contributed by atoms with Crippen molar-refractivity contribution in [1.82, 2.24) is 10.4 Å². The summed E-state index contributed by atoms with van der Waals surface area (Å²) < 4.78 is 30.7. The number of hydrogen-bond acceptors (Lipinski definition) is 7. The minimum Gasteiger partial charge on any atom is -0.481 e. The van der Waals surface area contributed by atoms with Gasteiger partial charge >= 0.3 is 5.97 Å². The minimum absolute atomic E-state index is 0.0605. The number of rotatable bonds is 8. The van der Waals surface area contributed by atoms with Gasteiger partial charge < -0.3 is 9.84 Å². The lowest BCUT2D eigenvalue weighted by Crippen LogP contribution is -2.57. The number of carbonyl (C=O) groups is 2. The van der Waals surface area contributed by atoms with Gasteiger partial charge in [0, 0.05) is 19.6 Å². The second-order valence-corrected chi connectivity index (χ2v) is 10.1. The molecule has 1 saturated heterocycles. The lowest BCUT2D eigenvalue weighted by Gasteiger charge is -2.39. The van der Waals surface area contributed by atoms with Crippen molar-refractivity contribution in [3.8, 4) is 17.6 Å². The number of hydrogen-bond donors (Lipinski definition) is 3. The highest BCUT2D eigenvalue weighted by Crippen LogP contribution is 2.37. The van der Waals surface area contributed by atoms with Crippen LogP contribution in [0.3, 0.4) is 0 Å². The van der Waals surface area contributed by atoms with Gasteiger partial charge in [0.05, 0.1) is 10.5 Å². The average molecular weight is 487 g/mol. The highest BCUT2D eigenvalue weighted by Gasteiger charge is 2.52. The summed E-state index contributed by atoms with van der Waals surface area (Å²) in [6.45, 7) is 2.59. The average Bonchev–Trinajstić information content (AvgIpc) is 2.84. The lowest BCUT2D eigenvalue weighted by atomic mass is 9.94. The summed E-state index contributed by atoms with van der Waals surface area (Å²) in [5.41, 5.74) is 2.30. The first-order valence-corrected chi connectivity index (χ1v) is 12.1. The van der Waals surface area contributed by atoms with Crippen LogP contribution in [-0.4, -0.2) is 60.0 Å². The molecule has 0 aliphatic carbocycles. The van der Waals surface area contributed by atoms with Gasteiger partial charge in [0.2, 0.25) is 0 Å². The molecule has 2 aromatic carbocycles. The Morgan fingerprint density at radius 3 is 2.35 bits per heavy atom. The Balaban J connectivity index is 1.81. The van der Waals surface area contributed by atoms with Gasteiger partial charge in [0.15, 0.2) is 14.6 Å². The lowest BCUT2D eigenvalue weighted by molar-refractivity contribution is -0.133. The molecular formula is C24H26N2O7S. The monoisotopic (exact) mass is 486 g/mol. The summed E-state index contributed by atoms with van der Waals surface area (Å²) in [5, 5.41) is 18.8. The van der Waals surface area contributed by atoms with Gasteiger partial charge in [0.25, 0.3) is 5.91 Å². The number of carboxylic acid groups (broad SMARTS) is 1. The molecular weight excluding hydrogens is 460 g/mol. The number of sulfone groups is 1. The van der Waals surface area contributed by atoms with Gasteiger partial charge in [-0.1, -0.05) is 24.1 Å². The Labute approximate surface area is 198 Å². The van der Waals surface area contributed by atoms with Crippen LogP contribution in [0.15, 0.2) is 53.4 Å². The molecule has 1 amide bonds. The van der Waals surface area contributed by atoms with Crippen LogP contribution >= 0.6 is 0 Å². The molecule has 0 aromatic heterocycles. The first-order chi connectivity index (χ1) is 16.2. The maximum absolute atomic E-state index is 13.6. The number of amides is 1. The third-order valence-corrected chi connectivity index (χ3v) is 8.47. The number of aromatic carboxylic acids is 1. The standard InChI is InChI=1S/C24H26N2O7S/c1-2-3-16-33-19-8-10-20(11-9-19)34(31,32)24(23(29)25-30)12-14-26(15-13-24)17-18-6-4-5-7-21(18)22(27)28/h4-11,30H,12-17H2,1H3,(H,25,29)(H,27,28). The molecule has 1 heterocycles. The van der Waals surface area contributed by atoms with Crippen LogP contribution < -0.4 is 10.2 Å². The molecule has 34 heavy (non-hydrogen) atoms. The first-order valence-electron chi connectivity index (χ1n) is 10.6. The Bertz CT molecular complexity index is 1210. The molecule has 1 aliphatic rings. The zero-order valence-electron chi connectivity index (χ0n) is 18.7. The zero-order valence-corrected chi connectivity index (χ0v) is 19.5. The Kier molecular flexibility index (Phi) is 7.94. The van der Waals surface area contributed by atoms with Gasteiger partial charge in [-0.15, -0.1) is 5.92 Å². The van der Waals surface area contributed by atoms with E-state index >= 15 is 0 Å². The van der Waals surface area contributed by atoms with E-state index in [1.54, 1.807) is 25.1 Å². The van der Waals surface area contributed by atoms with Crippen molar-refractivity contribution >= 4 is 21.7 Å². The maximum atomic E-state index is 13.6. The molecule has 180 valence electrons. The number of hydroxylamine groups is 1. The first kappa shape index (κ1) is 25.2. The van der Waals surface area contributed by atoms with Crippen LogP contribution in [0.4, 0.5) is 0 Å². The second kappa shape index (κ2) is 10.7. The Morgan fingerprint density at radius 2 is 1.76 bits per heavy atom. The van der Waals surface area contributed by atoms with Crippen molar-refractivity contribution in [2.75, 3.05) is 19.7 Å². The number of likely N-dealkylation sites (tertiary alicyclic amines) is 1. The molecule has 0 radical (unpaired) electrons. The normalized spacial score (nSPS) is 15.6. The van der Waals surface area contributed by atoms with Crippen molar-refractivity contribution in [3.63, 3.8) is 0 Å². The van der Waals surface area contributed by atoms with E-state index in [-0.39, 0.29) is 43.0 Å². The summed E-state index contributed by atoms with van der Waals surface area (Å²) >= 11 is 0. The Hall–Kier alpha value is -3.39. The number of piperidine rings is 1. The van der Waals surface area contributed by atoms with Crippen LogP contribution in [0.25, 0.3) is 0 Å². The van der Waals surface area contributed by atoms with Crippen molar-refractivity contribution in [2.24, 2.45) is 0 Å². The fourth-order valence-corrected chi connectivity index (χ4v) is 5.99. The van der Waals surface area contributed by atoms with Gasteiger partial charge in [-0.2, -0.15) is 0 Å². The van der Waals surface area contributed by atoms with Crippen molar-refractivity contribution in [1.29, 1.82) is 0 Å². The molecule has 2 aromatic rings. The number of nitrogens with zero attached hydrogens (tertiary/aromatic N) is 1. The third kappa shape index (κ3) is 5.07. The summed E-state index contributed by atoms with van der Waals surface area (Å²) in [6, 6.07) is 12.3. The van der Waals surface area contributed by atoms with E-state index in [0.717, 1.165) is 0 Å². The zero-order chi connectivity index (χ0) is 24.8. The van der Waals surface area contributed by atoms with E-state index in [1.807, 2.05) is 4.90 Å².